The van der Waals surface area contributed by atoms with E-state index in [1.165, 1.54) is 27.3 Å². The van der Waals surface area contributed by atoms with E-state index in [0.717, 1.165) is 35.0 Å². The summed E-state index contributed by atoms with van der Waals surface area (Å²) in [6, 6.07) is 27.6. The molecule has 0 aliphatic carbocycles. The molecule has 4 heterocycles. The van der Waals surface area contributed by atoms with Gasteiger partial charge in [0.15, 0.2) is 0 Å². The van der Waals surface area contributed by atoms with E-state index >= 15 is 0 Å². The lowest BCUT2D eigenvalue weighted by Gasteiger charge is -2.50. The van der Waals surface area contributed by atoms with Gasteiger partial charge in [0, 0.05) is 53.4 Å². The molecule has 0 N–H and O–H groups in total. The van der Waals surface area contributed by atoms with Crippen LogP contribution in [0.4, 0.5) is 5.69 Å². The highest BCUT2D eigenvalue weighted by molar-refractivity contribution is 6.87. The van der Waals surface area contributed by atoms with Crippen LogP contribution in [0.1, 0.15) is 19.4 Å². The maximum Gasteiger partial charge on any atom is 0.137 e. The van der Waals surface area contributed by atoms with Crippen molar-refractivity contribution in [3.05, 3.63) is 102 Å². The number of hydrogen-bond acceptors (Lipinski definition) is 4. The lowest BCUT2D eigenvalue weighted by Crippen LogP contribution is -2.57. The molecule has 0 amide bonds. The van der Waals surface area contributed by atoms with Crippen LogP contribution >= 0.6 is 0 Å². The van der Waals surface area contributed by atoms with Gasteiger partial charge in [-0.05, 0) is 47.0 Å². The number of para-hydroxylation sites is 1. The molecule has 0 radical (unpaired) electrons. The molecule has 0 saturated carbocycles. The van der Waals surface area contributed by atoms with E-state index < -0.39 is 8.07 Å². The van der Waals surface area contributed by atoms with Crippen molar-refractivity contribution in [1.82, 2.24) is 14.5 Å². The fourth-order valence-corrected chi connectivity index (χ4v) is 9.12. The zero-order valence-corrected chi connectivity index (χ0v) is 23.6. The van der Waals surface area contributed by atoms with Gasteiger partial charge in [-0.2, -0.15) is 0 Å². The summed E-state index contributed by atoms with van der Waals surface area (Å²) in [5.41, 5.74) is 4.90. The van der Waals surface area contributed by atoms with Crippen molar-refractivity contribution >= 4 is 35.6 Å². The average molecular weight is 517 g/mol. The molecule has 2 aliphatic rings. The van der Waals surface area contributed by atoms with Crippen LogP contribution in [-0.2, 0) is 5.04 Å². The van der Waals surface area contributed by atoms with E-state index in [0.29, 0.717) is 0 Å². The normalized spacial score (nSPS) is 17.4. The third-order valence-electron chi connectivity index (χ3n) is 8.89. The molecule has 190 valence electrons. The standard InChI is InChI=1S/C32H32N4OSi/c1-32(2)26-16-14-23(19-29(26)35-21-34(3)20-31(35)38(32,4)5)37-22-13-15-25-24-10-6-7-11-27(24)36(28(25)18-22)30-12-8-9-17-33-30/h6-20H,21H2,1-5H3. The van der Waals surface area contributed by atoms with E-state index in [1.807, 2.05) is 24.4 Å². The number of ether oxygens (including phenoxy) is 1. The third kappa shape index (κ3) is 3.19. The van der Waals surface area contributed by atoms with Crippen LogP contribution in [0.15, 0.2) is 96.6 Å². The highest BCUT2D eigenvalue weighted by atomic mass is 28.3. The summed E-state index contributed by atoms with van der Waals surface area (Å²) in [7, 11) is 0.443. The second kappa shape index (κ2) is 7.98. The predicted molar refractivity (Wildman–Crippen MR) is 159 cm³/mol. The lowest BCUT2D eigenvalue weighted by atomic mass is 9.98. The number of hydrogen-bond donors (Lipinski definition) is 0. The summed E-state index contributed by atoms with van der Waals surface area (Å²) in [6.45, 7) is 10.7. The highest BCUT2D eigenvalue weighted by Crippen LogP contribution is 2.51. The van der Waals surface area contributed by atoms with E-state index in [-0.39, 0.29) is 5.04 Å². The smallest absolute Gasteiger partial charge is 0.137 e. The summed E-state index contributed by atoms with van der Waals surface area (Å²) < 4.78 is 8.77. The SMILES string of the molecule is CN1C=C2N(C1)c1cc(Oc3ccc4c5ccccc5n(-c5ccccn5)c4c3)ccc1C(C)(C)[Si]2(C)C. The fourth-order valence-electron chi connectivity index (χ4n) is 6.19. The third-order valence-corrected chi connectivity index (χ3v) is 14.0. The van der Waals surface area contributed by atoms with Gasteiger partial charge < -0.3 is 14.5 Å². The van der Waals surface area contributed by atoms with E-state index in [1.54, 1.807) is 0 Å². The largest absolute Gasteiger partial charge is 0.457 e. The molecular formula is C32H32N4OSi. The van der Waals surface area contributed by atoms with Gasteiger partial charge in [-0.15, -0.1) is 0 Å². The predicted octanol–water partition coefficient (Wildman–Crippen LogP) is 7.60. The number of nitrogens with zero attached hydrogens (tertiary/aromatic N) is 4. The van der Waals surface area contributed by atoms with Crippen LogP contribution in [0.25, 0.3) is 27.6 Å². The minimum absolute atomic E-state index is 0.122. The molecule has 0 unspecified atom stereocenters. The Morgan fingerprint density at radius 2 is 1.58 bits per heavy atom. The molecule has 0 fully saturated rings. The number of anilines is 1. The van der Waals surface area contributed by atoms with Gasteiger partial charge in [0.2, 0.25) is 0 Å². The van der Waals surface area contributed by atoms with Crippen LogP contribution in [0.5, 0.6) is 11.5 Å². The molecule has 2 aliphatic heterocycles. The van der Waals surface area contributed by atoms with Gasteiger partial charge in [0.1, 0.15) is 25.4 Å². The van der Waals surface area contributed by atoms with Crippen molar-refractivity contribution < 1.29 is 4.74 Å². The number of aromatic nitrogens is 2. The summed E-state index contributed by atoms with van der Waals surface area (Å²) in [5, 5.41) is 4.01. The first kappa shape index (κ1) is 23.1. The summed E-state index contributed by atoms with van der Waals surface area (Å²) >= 11 is 0. The Bertz CT molecular complexity index is 1750. The Kier molecular flexibility index (Phi) is 4.85. The van der Waals surface area contributed by atoms with Crippen molar-refractivity contribution in [3.8, 4) is 17.3 Å². The summed E-state index contributed by atoms with van der Waals surface area (Å²) in [5.74, 6) is 2.57. The first-order valence-corrected chi connectivity index (χ1v) is 16.2. The van der Waals surface area contributed by atoms with Gasteiger partial charge in [-0.25, -0.2) is 4.98 Å². The van der Waals surface area contributed by atoms with Crippen LogP contribution < -0.4 is 9.64 Å². The Morgan fingerprint density at radius 3 is 2.39 bits per heavy atom. The van der Waals surface area contributed by atoms with Crippen molar-refractivity contribution in [2.75, 3.05) is 18.6 Å². The average Bonchev–Trinajstić information content (AvgIpc) is 3.46. The first-order valence-electron chi connectivity index (χ1n) is 13.2. The number of rotatable bonds is 3. The Balaban J connectivity index is 1.33. The molecule has 7 rings (SSSR count). The minimum Gasteiger partial charge on any atom is -0.457 e. The molecule has 3 aromatic carbocycles. The van der Waals surface area contributed by atoms with E-state index in [4.69, 9.17) is 4.74 Å². The molecule has 0 spiro atoms. The quantitative estimate of drug-likeness (QED) is 0.231. The van der Waals surface area contributed by atoms with E-state index in [9.17, 15) is 0 Å². The number of fused-ring (bicyclic) bond motifs is 6. The topological polar surface area (TPSA) is 33.5 Å². The Labute approximate surface area is 224 Å². The number of pyridine rings is 1. The Hall–Kier alpha value is -4.03. The van der Waals surface area contributed by atoms with Crippen LogP contribution in [-0.4, -0.2) is 36.2 Å². The molecule has 2 aromatic heterocycles. The second-order valence-corrected chi connectivity index (χ2v) is 16.6. The Morgan fingerprint density at radius 1 is 0.842 bits per heavy atom. The highest BCUT2D eigenvalue weighted by Gasteiger charge is 2.52. The second-order valence-electron chi connectivity index (χ2n) is 11.6. The molecule has 0 saturated heterocycles. The van der Waals surface area contributed by atoms with Crippen molar-refractivity contribution in [2.24, 2.45) is 0 Å². The lowest BCUT2D eigenvalue weighted by molar-refractivity contribution is 0.479. The molecule has 5 nitrogen and oxygen atoms in total. The maximum atomic E-state index is 6.55. The molecule has 0 atom stereocenters. The van der Waals surface area contributed by atoms with Crippen LogP contribution in [0, 0.1) is 0 Å². The molecule has 6 heteroatoms. The van der Waals surface area contributed by atoms with E-state index in [2.05, 4.69) is 120 Å². The van der Waals surface area contributed by atoms with Crippen LogP contribution in [0.3, 0.4) is 0 Å². The number of benzene rings is 3. The molecular weight excluding hydrogens is 484 g/mol. The minimum atomic E-state index is -1.72. The van der Waals surface area contributed by atoms with Crippen molar-refractivity contribution in [3.63, 3.8) is 0 Å². The maximum absolute atomic E-state index is 6.55. The van der Waals surface area contributed by atoms with Crippen LogP contribution in [0.2, 0.25) is 13.1 Å². The molecule has 5 aromatic rings. The fraction of sp³-hybridized carbons (Fsp3) is 0.219. The van der Waals surface area contributed by atoms with Crippen molar-refractivity contribution in [1.29, 1.82) is 0 Å². The van der Waals surface area contributed by atoms with Gasteiger partial charge in [0.05, 0.1) is 17.7 Å². The molecule has 38 heavy (non-hydrogen) atoms. The monoisotopic (exact) mass is 516 g/mol. The molecule has 0 bridgehead atoms. The zero-order valence-electron chi connectivity index (χ0n) is 22.6. The zero-order chi connectivity index (χ0) is 26.2. The summed E-state index contributed by atoms with van der Waals surface area (Å²) in [4.78, 5) is 9.46. The summed E-state index contributed by atoms with van der Waals surface area (Å²) in [6.07, 6.45) is 4.20. The van der Waals surface area contributed by atoms with Gasteiger partial charge in [-0.1, -0.05) is 57.3 Å². The van der Waals surface area contributed by atoms with Gasteiger partial charge in [0.25, 0.3) is 0 Å². The first-order chi connectivity index (χ1) is 18.3. The van der Waals surface area contributed by atoms with Gasteiger partial charge in [-0.3, -0.25) is 4.57 Å². The van der Waals surface area contributed by atoms with Crippen molar-refractivity contribution in [2.45, 2.75) is 32.0 Å². The van der Waals surface area contributed by atoms with Gasteiger partial charge >= 0.3 is 0 Å².